The fourth-order valence-electron chi connectivity index (χ4n) is 2.74. The molecule has 0 fully saturated rings. The average Bonchev–Trinajstić information content (AvgIpc) is 3.39. The van der Waals surface area contributed by atoms with E-state index in [0.29, 0.717) is 11.6 Å². The van der Waals surface area contributed by atoms with Gasteiger partial charge in [-0.25, -0.2) is 4.98 Å². The van der Waals surface area contributed by atoms with Crippen LogP contribution < -0.4 is 0 Å². The molecule has 3 heterocycles. The second-order valence-corrected chi connectivity index (χ2v) is 7.31. The van der Waals surface area contributed by atoms with E-state index in [2.05, 4.69) is 57.4 Å². The molecule has 0 spiro atoms. The number of nitrogens with zero attached hydrogens (tertiary/aromatic N) is 3. The van der Waals surface area contributed by atoms with Crippen LogP contribution in [-0.2, 0) is 0 Å². The van der Waals surface area contributed by atoms with Crippen LogP contribution in [0.4, 0.5) is 0 Å². The van der Waals surface area contributed by atoms with E-state index >= 15 is 0 Å². The van der Waals surface area contributed by atoms with Crippen molar-refractivity contribution >= 4 is 17.4 Å². The van der Waals surface area contributed by atoms with E-state index in [0.717, 1.165) is 23.2 Å². The Labute approximate surface area is 162 Å². The number of thiophene rings is 1. The van der Waals surface area contributed by atoms with Crippen molar-refractivity contribution in [3.8, 4) is 33.3 Å². The highest BCUT2D eigenvalue weighted by Crippen LogP contribution is 2.29. The van der Waals surface area contributed by atoms with E-state index < -0.39 is 0 Å². The number of hydrogen-bond donors (Lipinski definition) is 1. The van der Waals surface area contributed by atoms with Crippen molar-refractivity contribution in [3.63, 3.8) is 0 Å². The van der Waals surface area contributed by atoms with Gasteiger partial charge in [-0.1, -0.05) is 49.8 Å². The monoisotopic (exact) mass is 372 g/mol. The van der Waals surface area contributed by atoms with Crippen LogP contribution in [0.15, 0.2) is 66.9 Å². The molecule has 0 aliphatic carbocycles. The topological polar surface area (TPSA) is 54.5 Å². The number of pyridine rings is 1. The molecule has 0 aliphatic heterocycles. The van der Waals surface area contributed by atoms with Gasteiger partial charge < -0.3 is 0 Å². The van der Waals surface area contributed by atoms with E-state index in [-0.39, 0.29) is 0 Å². The molecule has 4 rings (SSSR count). The molecule has 134 valence electrons. The lowest BCUT2D eigenvalue weighted by molar-refractivity contribution is 0.962. The molecular formula is C22H20N4S. The maximum absolute atomic E-state index is 4.57. The van der Waals surface area contributed by atoms with Gasteiger partial charge in [-0.3, -0.25) is 10.1 Å². The van der Waals surface area contributed by atoms with Gasteiger partial charge in [-0.2, -0.15) is 5.10 Å². The maximum atomic E-state index is 4.57. The molecule has 1 N–H and O–H groups in total. The lowest BCUT2D eigenvalue weighted by Crippen LogP contribution is -1.86. The molecule has 5 heteroatoms. The minimum atomic E-state index is 0.676. The molecule has 1 aromatic carbocycles. The predicted octanol–water partition coefficient (Wildman–Crippen LogP) is 6.08. The van der Waals surface area contributed by atoms with Crippen LogP contribution in [0, 0.1) is 0 Å². The molecule has 0 saturated carbocycles. The fourth-order valence-corrected chi connectivity index (χ4v) is 3.67. The first-order valence-corrected chi connectivity index (χ1v) is 9.86. The summed E-state index contributed by atoms with van der Waals surface area (Å²) in [6, 6.07) is 18.3. The Morgan fingerprint density at radius 2 is 1.89 bits per heavy atom. The number of unbranched alkanes of at least 4 members (excludes halogenated alkanes) is 1. The van der Waals surface area contributed by atoms with Crippen molar-refractivity contribution in [2.75, 3.05) is 0 Å². The number of allylic oxidation sites excluding steroid dienone is 1. The van der Waals surface area contributed by atoms with Crippen molar-refractivity contribution in [2.24, 2.45) is 0 Å². The van der Waals surface area contributed by atoms with Crippen LogP contribution in [0.2, 0.25) is 0 Å². The van der Waals surface area contributed by atoms with Crippen molar-refractivity contribution in [1.29, 1.82) is 0 Å². The average molecular weight is 372 g/mol. The van der Waals surface area contributed by atoms with E-state index in [4.69, 9.17) is 0 Å². The summed E-state index contributed by atoms with van der Waals surface area (Å²) in [6.45, 7) is 2.19. The van der Waals surface area contributed by atoms with E-state index in [1.165, 1.54) is 16.2 Å². The molecular weight excluding hydrogens is 352 g/mol. The van der Waals surface area contributed by atoms with Crippen molar-refractivity contribution in [1.82, 2.24) is 20.2 Å². The second kappa shape index (κ2) is 8.10. The Kier molecular flexibility index (Phi) is 5.21. The number of rotatable bonds is 6. The highest BCUT2D eigenvalue weighted by Gasteiger charge is 2.09. The summed E-state index contributed by atoms with van der Waals surface area (Å²) in [7, 11) is 0. The van der Waals surface area contributed by atoms with E-state index in [1.807, 2.05) is 42.6 Å². The Morgan fingerprint density at radius 3 is 2.67 bits per heavy atom. The smallest absolute Gasteiger partial charge is 0.181 e. The first-order chi connectivity index (χ1) is 13.3. The van der Waals surface area contributed by atoms with Gasteiger partial charge in [-0.15, -0.1) is 11.3 Å². The normalized spacial score (nSPS) is 11.3. The Bertz CT molecular complexity index is 1030. The van der Waals surface area contributed by atoms with Crippen molar-refractivity contribution in [3.05, 3.63) is 71.7 Å². The van der Waals surface area contributed by atoms with E-state index in [1.54, 1.807) is 11.3 Å². The molecule has 4 nitrogen and oxygen atoms in total. The van der Waals surface area contributed by atoms with Crippen LogP contribution in [-0.4, -0.2) is 20.2 Å². The quantitative estimate of drug-likeness (QED) is 0.446. The lowest BCUT2D eigenvalue weighted by atomic mass is 10.2. The molecule has 0 radical (unpaired) electrons. The van der Waals surface area contributed by atoms with Crippen LogP contribution in [0.3, 0.4) is 0 Å². The van der Waals surface area contributed by atoms with Crippen LogP contribution in [0.5, 0.6) is 0 Å². The van der Waals surface area contributed by atoms with Crippen molar-refractivity contribution in [2.45, 2.75) is 19.8 Å². The summed E-state index contributed by atoms with van der Waals surface area (Å²) in [5, 5.41) is 7.28. The van der Waals surface area contributed by atoms with Gasteiger partial charge in [0.2, 0.25) is 0 Å². The molecule has 0 saturated heterocycles. The molecule has 0 aliphatic rings. The molecule has 27 heavy (non-hydrogen) atoms. The van der Waals surface area contributed by atoms with Crippen LogP contribution >= 0.6 is 11.3 Å². The third-order valence-electron chi connectivity index (χ3n) is 4.17. The number of hydrogen-bond acceptors (Lipinski definition) is 4. The van der Waals surface area contributed by atoms with Gasteiger partial charge in [0.15, 0.2) is 11.6 Å². The number of H-pyrrole nitrogens is 1. The standard InChI is InChI=1S/C22H20N4S/c1-2-3-5-10-18-12-14-20(27-18)17-11-13-19(23-15-17)22-24-21(25-26-22)16-8-6-4-7-9-16/h4-15H,2-3H2,1H3,(H,24,25,26)/b10-5+. The Hall–Kier alpha value is -3.05. The first-order valence-electron chi connectivity index (χ1n) is 9.04. The third kappa shape index (κ3) is 4.04. The molecule has 0 bridgehead atoms. The minimum absolute atomic E-state index is 0.676. The van der Waals surface area contributed by atoms with Gasteiger partial charge in [0, 0.05) is 27.1 Å². The molecule has 4 aromatic rings. The van der Waals surface area contributed by atoms with E-state index in [9.17, 15) is 0 Å². The first kappa shape index (κ1) is 17.4. The number of nitrogens with one attached hydrogen (secondary N) is 1. The Morgan fingerprint density at radius 1 is 1.00 bits per heavy atom. The lowest BCUT2D eigenvalue weighted by Gasteiger charge is -1.99. The minimum Gasteiger partial charge on any atom is -0.257 e. The zero-order valence-electron chi connectivity index (χ0n) is 15.1. The molecule has 0 atom stereocenters. The fraction of sp³-hybridized carbons (Fsp3) is 0.136. The number of benzene rings is 1. The maximum Gasteiger partial charge on any atom is 0.181 e. The van der Waals surface area contributed by atoms with Gasteiger partial charge in [0.05, 0.1) is 0 Å². The predicted molar refractivity (Wildman–Crippen MR) is 112 cm³/mol. The summed E-state index contributed by atoms with van der Waals surface area (Å²) < 4.78 is 0. The van der Waals surface area contributed by atoms with Gasteiger partial charge in [0.25, 0.3) is 0 Å². The summed E-state index contributed by atoms with van der Waals surface area (Å²) in [6.07, 6.45) is 8.61. The summed E-state index contributed by atoms with van der Waals surface area (Å²) in [5.74, 6) is 1.35. The number of aromatic nitrogens is 4. The Balaban J connectivity index is 1.52. The van der Waals surface area contributed by atoms with Gasteiger partial charge in [0.1, 0.15) is 5.69 Å². The molecule has 3 aromatic heterocycles. The summed E-state index contributed by atoms with van der Waals surface area (Å²) >= 11 is 1.78. The summed E-state index contributed by atoms with van der Waals surface area (Å²) in [4.78, 5) is 11.6. The second-order valence-electron chi connectivity index (χ2n) is 6.20. The van der Waals surface area contributed by atoms with Gasteiger partial charge in [-0.05, 0) is 36.8 Å². The van der Waals surface area contributed by atoms with Gasteiger partial charge >= 0.3 is 0 Å². The third-order valence-corrected chi connectivity index (χ3v) is 5.27. The summed E-state index contributed by atoms with van der Waals surface area (Å²) in [5.41, 5.74) is 2.88. The highest BCUT2D eigenvalue weighted by atomic mass is 32.1. The SMILES string of the molecule is CCC/C=C/c1ccc(-c2ccc(-c3nc(-c4ccccc4)n[nH]3)nc2)s1. The zero-order valence-corrected chi connectivity index (χ0v) is 15.9. The van der Waals surface area contributed by atoms with Crippen LogP contribution in [0.1, 0.15) is 24.6 Å². The molecule has 0 amide bonds. The largest absolute Gasteiger partial charge is 0.257 e. The highest BCUT2D eigenvalue weighted by molar-refractivity contribution is 7.16. The molecule has 0 unspecified atom stereocenters. The van der Waals surface area contributed by atoms with Crippen molar-refractivity contribution < 1.29 is 0 Å². The number of aromatic amines is 1. The van der Waals surface area contributed by atoms with Crippen LogP contribution in [0.25, 0.3) is 39.4 Å². The zero-order chi connectivity index (χ0) is 18.5.